The number of carbonyl (C=O) groups is 1. The van der Waals surface area contributed by atoms with Gasteiger partial charge in [0.2, 0.25) is 5.91 Å². The molecule has 3 aliphatic heterocycles. The van der Waals surface area contributed by atoms with Crippen LogP contribution in [0, 0.1) is 0 Å². The summed E-state index contributed by atoms with van der Waals surface area (Å²) in [4.78, 5) is 13.4. The summed E-state index contributed by atoms with van der Waals surface area (Å²) >= 11 is 0. The van der Waals surface area contributed by atoms with Crippen molar-refractivity contribution in [2.24, 2.45) is 0 Å². The third-order valence-electron chi connectivity index (χ3n) is 19.2. The molecule has 3 saturated heterocycles. The fraction of sp³-hybridized carbons (Fsp3) is 0.812. The number of aliphatic hydroxyl groups is 11. The van der Waals surface area contributed by atoms with Gasteiger partial charge in [0.05, 0.1) is 38.6 Å². The first-order chi connectivity index (χ1) is 48.3. The van der Waals surface area contributed by atoms with Crippen LogP contribution < -0.4 is 5.32 Å². The van der Waals surface area contributed by atoms with Crippen molar-refractivity contribution in [3.63, 3.8) is 0 Å². The molecule has 3 aliphatic rings. The molecule has 0 aromatic rings. The molecule has 0 aliphatic carbocycles. The Kier molecular flexibility index (Phi) is 54.9. The lowest BCUT2D eigenvalue weighted by molar-refractivity contribution is -0.379. The van der Waals surface area contributed by atoms with Crippen molar-refractivity contribution in [2.75, 3.05) is 26.4 Å². The molecule has 19 nitrogen and oxygen atoms in total. The number of unbranched alkanes of at least 4 members (excludes halogenated alkanes) is 33. The molecule has 574 valence electrons. The van der Waals surface area contributed by atoms with Crippen LogP contribution in [0.25, 0.3) is 0 Å². The molecule has 3 heterocycles. The molecule has 0 aromatic carbocycles. The van der Waals surface area contributed by atoms with Crippen molar-refractivity contribution in [1.82, 2.24) is 5.32 Å². The Morgan fingerprint density at radius 2 is 0.707 bits per heavy atom. The summed E-state index contributed by atoms with van der Waals surface area (Å²) in [7, 11) is 0. The number of ether oxygens (including phenoxy) is 6. The van der Waals surface area contributed by atoms with Crippen molar-refractivity contribution in [3.8, 4) is 0 Å². The summed E-state index contributed by atoms with van der Waals surface area (Å²) in [5.41, 5.74) is 0. The van der Waals surface area contributed by atoms with E-state index < -0.39 is 124 Å². The Balaban J connectivity index is 1.30. The van der Waals surface area contributed by atoms with E-state index in [4.69, 9.17) is 28.4 Å². The van der Waals surface area contributed by atoms with Crippen LogP contribution in [0.4, 0.5) is 0 Å². The Morgan fingerprint density at radius 3 is 1.13 bits per heavy atom. The predicted octanol–water partition coefficient (Wildman–Crippen LogP) is 12.6. The molecule has 19 heteroatoms. The first-order valence-electron chi connectivity index (χ1n) is 39.3. The molecular weight excluding hydrogens is 1260 g/mol. The zero-order valence-corrected chi connectivity index (χ0v) is 61.2. The largest absolute Gasteiger partial charge is 0.394 e. The Bertz CT molecular complexity index is 2120. The summed E-state index contributed by atoms with van der Waals surface area (Å²) in [5, 5.41) is 121. The molecular formula is C80H141NO18. The highest BCUT2D eigenvalue weighted by Gasteiger charge is 2.53. The van der Waals surface area contributed by atoms with E-state index in [1.165, 1.54) is 180 Å². The van der Waals surface area contributed by atoms with Crippen LogP contribution in [-0.4, -0.2) is 193 Å². The number of allylic oxidation sites excluding steroid dienone is 13. The lowest BCUT2D eigenvalue weighted by Crippen LogP contribution is -2.66. The Labute approximate surface area is 597 Å². The minimum Gasteiger partial charge on any atom is -0.394 e. The third kappa shape index (κ3) is 40.7. The van der Waals surface area contributed by atoms with Crippen molar-refractivity contribution in [3.05, 3.63) is 85.1 Å². The normalized spacial score (nSPS) is 27.1. The summed E-state index contributed by atoms with van der Waals surface area (Å²) in [6.45, 7) is 1.61. The summed E-state index contributed by atoms with van der Waals surface area (Å²) < 4.78 is 34.4. The van der Waals surface area contributed by atoms with Crippen LogP contribution in [-0.2, 0) is 33.2 Å². The van der Waals surface area contributed by atoms with Crippen LogP contribution in [0.15, 0.2) is 85.1 Å². The van der Waals surface area contributed by atoms with Gasteiger partial charge in [-0.25, -0.2) is 0 Å². The Morgan fingerprint density at radius 1 is 0.374 bits per heavy atom. The maximum atomic E-state index is 13.4. The van der Waals surface area contributed by atoms with E-state index in [-0.39, 0.29) is 18.9 Å². The van der Waals surface area contributed by atoms with E-state index in [0.29, 0.717) is 12.8 Å². The van der Waals surface area contributed by atoms with E-state index in [1.807, 2.05) is 6.08 Å². The van der Waals surface area contributed by atoms with Crippen LogP contribution >= 0.6 is 0 Å². The van der Waals surface area contributed by atoms with Gasteiger partial charge in [-0.05, 0) is 77.0 Å². The van der Waals surface area contributed by atoms with Crippen LogP contribution in [0.5, 0.6) is 0 Å². The van der Waals surface area contributed by atoms with E-state index in [1.54, 1.807) is 6.08 Å². The number of hydrogen-bond donors (Lipinski definition) is 12. The average Bonchev–Trinajstić information content (AvgIpc) is 0.784. The number of rotatable bonds is 61. The highest BCUT2D eigenvalue weighted by atomic mass is 16.8. The minimum atomic E-state index is -1.98. The third-order valence-corrected chi connectivity index (χ3v) is 19.2. The molecule has 0 radical (unpaired) electrons. The number of nitrogens with one attached hydrogen (secondary N) is 1. The second-order valence-corrected chi connectivity index (χ2v) is 27.8. The van der Waals surface area contributed by atoms with Crippen LogP contribution in [0.1, 0.15) is 284 Å². The molecule has 0 saturated carbocycles. The van der Waals surface area contributed by atoms with Crippen LogP contribution in [0.2, 0.25) is 0 Å². The van der Waals surface area contributed by atoms with Gasteiger partial charge in [-0.3, -0.25) is 4.79 Å². The van der Waals surface area contributed by atoms with Crippen molar-refractivity contribution < 1.29 is 89.4 Å². The highest BCUT2D eigenvalue weighted by molar-refractivity contribution is 5.76. The quantitative estimate of drug-likeness (QED) is 0.0199. The molecule has 12 N–H and O–H groups in total. The standard InChI is InChI=1S/C80H141NO18/c1-3-5-7-9-11-13-15-17-19-20-21-22-23-24-25-26-27-28-29-30-31-32-33-34-35-36-37-38-39-40-41-42-44-46-48-50-52-54-56-58-68(86)81-63(64(85)57-55-53-51-49-47-45-43-18-16-14-12-10-8-6-4-2)62-94-78-74(92)71(89)76(66(60-83)96-78)99-80-75(93)72(90)77(67(61-84)97-80)98-79-73(91)70(88)69(87)65(59-82)95-79/h5,7,11,13,17,19,21-22,24-25,47,49,55,57,63-67,69-80,82-85,87-93H,3-4,6,8-10,12,14-16,18,20,23,26-46,48,50-54,56,58-62H2,1-2H3,(H,81,86)/b7-5-,13-11-,19-17-,22-21-,25-24-,49-47+,57-55+. The second kappa shape index (κ2) is 60.3. The molecule has 3 fully saturated rings. The van der Waals surface area contributed by atoms with Crippen molar-refractivity contribution in [2.45, 2.75) is 388 Å². The SMILES string of the molecule is CC/C=C\C/C=C\C/C=C\C/C=C\C/C=C\CCCCCCCCCCCCCCCCCCCCCCCCCC(=O)NC(COC1OC(CO)C(OC2OC(CO)C(OC3OC(CO)C(O)C(O)C3O)C(O)C2O)C(O)C1O)C(O)/C=C/CC/C=C/CCCCCCCCCCC. The van der Waals surface area contributed by atoms with Gasteiger partial charge in [-0.2, -0.15) is 0 Å². The smallest absolute Gasteiger partial charge is 0.220 e. The first kappa shape index (κ1) is 90.2. The molecule has 17 atom stereocenters. The average molecular weight is 1400 g/mol. The lowest BCUT2D eigenvalue weighted by atomic mass is 9.96. The molecule has 17 unspecified atom stereocenters. The summed E-state index contributed by atoms with van der Waals surface area (Å²) in [6.07, 6.45) is 53.1. The predicted molar refractivity (Wildman–Crippen MR) is 392 cm³/mol. The number of aliphatic hydroxyl groups excluding tert-OH is 11. The van der Waals surface area contributed by atoms with Gasteiger partial charge in [-0.1, -0.05) is 285 Å². The van der Waals surface area contributed by atoms with Gasteiger partial charge < -0.3 is 89.9 Å². The summed E-state index contributed by atoms with van der Waals surface area (Å²) in [6, 6.07) is -0.991. The fourth-order valence-electron chi connectivity index (χ4n) is 12.9. The van der Waals surface area contributed by atoms with Crippen LogP contribution in [0.3, 0.4) is 0 Å². The molecule has 0 spiro atoms. The number of amides is 1. The second-order valence-electron chi connectivity index (χ2n) is 27.8. The van der Waals surface area contributed by atoms with Crippen molar-refractivity contribution in [1.29, 1.82) is 0 Å². The maximum absolute atomic E-state index is 13.4. The Hall–Kier alpha value is -3.03. The van der Waals surface area contributed by atoms with Gasteiger partial charge >= 0.3 is 0 Å². The zero-order valence-electron chi connectivity index (χ0n) is 61.2. The highest BCUT2D eigenvalue weighted by Crippen LogP contribution is 2.33. The molecule has 99 heavy (non-hydrogen) atoms. The lowest BCUT2D eigenvalue weighted by Gasteiger charge is -2.48. The van der Waals surface area contributed by atoms with Crippen molar-refractivity contribution >= 4 is 5.91 Å². The van der Waals surface area contributed by atoms with E-state index in [9.17, 15) is 61.0 Å². The number of hydrogen-bond acceptors (Lipinski definition) is 18. The van der Waals surface area contributed by atoms with E-state index in [0.717, 1.165) is 70.6 Å². The van der Waals surface area contributed by atoms with Gasteiger partial charge in [0.25, 0.3) is 0 Å². The zero-order chi connectivity index (χ0) is 71.8. The summed E-state index contributed by atoms with van der Waals surface area (Å²) in [5.74, 6) is -0.283. The van der Waals surface area contributed by atoms with Gasteiger partial charge in [0, 0.05) is 6.42 Å². The fourth-order valence-corrected chi connectivity index (χ4v) is 12.9. The monoisotopic (exact) mass is 1400 g/mol. The molecule has 1 amide bonds. The number of carbonyl (C=O) groups excluding carboxylic acids is 1. The molecule has 0 aromatic heterocycles. The van der Waals surface area contributed by atoms with Gasteiger partial charge in [0.15, 0.2) is 18.9 Å². The maximum Gasteiger partial charge on any atom is 0.220 e. The first-order valence-corrected chi connectivity index (χ1v) is 39.3. The van der Waals surface area contributed by atoms with E-state index in [2.05, 4.69) is 92.1 Å². The van der Waals surface area contributed by atoms with E-state index >= 15 is 0 Å². The molecule has 0 bridgehead atoms. The molecule has 3 rings (SSSR count). The van der Waals surface area contributed by atoms with Gasteiger partial charge in [-0.15, -0.1) is 0 Å². The minimum absolute atomic E-state index is 0.236. The van der Waals surface area contributed by atoms with Gasteiger partial charge in [0.1, 0.15) is 73.2 Å². The topological polar surface area (TPSA) is 307 Å².